The van der Waals surface area contributed by atoms with Crippen molar-refractivity contribution in [1.29, 1.82) is 0 Å². The number of likely N-dealkylation sites (N-methyl/N-ethyl adjacent to an activating group) is 1. The molecule has 0 N–H and O–H groups in total. The Labute approximate surface area is 235 Å². The number of benzene rings is 2. The zero-order valence-corrected chi connectivity index (χ0v) is 24.4. The number of carbonyl (C=O) groups excluding carboxylic acids is 2. The van der Waals surface area contributed by atoms with Gasteiger partial charge >= 0.3 is 0 Å². The minimum atomic E-state index is -1.08. The molecule has 5 nitrogen and oxygen atoms in total. The molecule has 202 valence electrons. The number of nitrogens with zero attached hydrogens (tertiary/aromatic N) is 2. The van der Waals surface area contributed by atoms with Gasteiger partial charge in [-0.25, -0.2) is 0 Å². The molecular weight excluding hydrogens is 504 g/mol. The first-order valence-corrected chi connectivity index (χ1v) is 14.7. The molecule has 6 heteroatoms. The van der Waals surface area contributed by atoms with Crippen molar-refractivity contribution in [1.82, 2.24) is 0 Å². The standard InChI is InChI=1S/C33H36N2O3S/c1-7-34-25-15-11-9-13-23(25)32(3,4)27(34)19-21-30(38)22(31(21)39-18-17-29(36)37)20-28-33(5,6)24-14-10-12-16-26(24)35(28)8-2/h9-16,19-20H,7-8,17-18H2,1-6H3. The molecule has 0 fully saturated rings. The molecule has 0 aromatic heterocycles. The average Bonchev–Trinajstić information content (AvgIpc) is 3.27. The van der Waals surface area contributed by atoms with Crippen LogP contribution in [0.3, 0.4) is 0 Å². The van der Waals surface area contributed by atoms with E-state index in [0.717, 1.165) is 29.4 Å². The van der Waals surface area contributed by atoms with E-state index < -0.39 is 5.97 Å². The lowest BCUT2D eigenvalue weighted by Gasteiger charge is -2.30. The SMILES string of the molecule is CCN1/C(=C\C2=C(SCCC(=O)[O-])C(=C\C3=[N+](CC)c4ccccc4C3(C)C)/C2=O)C(C)(C)c2ccccc21. The number of anilines is 1. The third kappa shape index (κ3) is 4.29. The van der Waals surface area contributed by atoms with Crippen LogP contribution in [-0.2, 0) is 20.4 Å². The fourth-order valence-electron chi connectivity index (χ4n) is 6.24. The highest BCUT2D eigenvalue weighted by atomic mass is 32.2. The Bertz CT molecular complexity index is 1510. The number of hydrogen-bond acceptors (Lipinski definition) is 5. The first-order valence-electron chi connectivity index (χ1n) is 13.7. The van der Waals surface area contributed by atoms with Gasteiger partial charge in [0, 0.05) is 68.8 Å². The maximum Gasteiger partial charge on any atom is 0.209 e. The van der Waals surface area contributed by atoms with Crippen molar-refractivity contribution in [3.8, 4) is 0 Å². The number of carboxylic acid groups (broad SMARTS) is 1. The Balaban J connectivity index is 1.63. The van der Waals surface area contributed by atoms with E-state index in [-0.39, 0.29) is 23.0 Å². The Kier molecular flexibility index (Phi) is 6.96. The fraction of sp³-hybridized carbons (Fsp3) is 0.364. The van der Waals surface area contributed by atoms with Crippen LogP contribution in [0.5, 0.6) is 0 Å². The zero-order chi connectivity index (χ0) is 28.1. The fourth-order valence-corrected chi connectivity index (χ4v) is 7.33. The predicted octanol–water partition coefficient (Wildman–Crippen LogP) is 5.42. The van der Waals surface area contributed by atoms with E-state index in [1.54, 1.807) is 0 Å². The number of ketones is 1. The third-order valence-corrected chi connectivity index (χ3v) is 9.46. The van der Waals surface area contributed by atoms with Crippen molar-refractivity contribution in [3.63, 3.8) is 0 Å². The molecule has 2 aromatic rings. The molecule has 0 saturated heterocycles. The lowest BCUT2D eigenvalue weighted by molar-refractivity contribution is -0.433. The lowest BCUT2D eigenvalue weighted by atomic mass is 9.78. The van der Waals surface area contributed by atoms with E-state index in [0.29, 0.717) is 16.9 Å². The average molecular weight is 541 g/mol. The number of allylic oxidation sites excluding steroid dienone is 5. The zero-order valence-electron chi connectivity index (χ0n) is 23.6. The van der Waals surface area contributed by atoms with Gasteiger partial charge in [0.05, 0.1) is 5.41 Å². The number of Topliss-reactive ketones (excluding diaryl/α,β-unsaturated/α-hetero) is 1. The summed E-state index contributed by atoms with van der Waals surface area (Å²) in [5.41, 5.74) is 7.80. The molecule has 2 aromatic carbocycles. The van der Waals surface area contributed by atoms with Crippen LogP contribution in [0.25, 0.3) is 0 Å². The van der Waals surface area contributed by atoms with Crippen LogP contribution >= 0.6 is 11.8 Å². The Hall–Kier alpha value is -3.38. The lowest BCUT2D eigenvalue weighted by Crippen LogP contribution is -2.31. The van der Waals surface area contributed by atoms with Gasteiger partial charge < -0.3 is 14.8 Å². The summed E-state index contributed by atoms with van der Waals surface area (Å²) in [6.07, 6.45) is 4.02. The van der Waals surface area contributed by atoms with Gasteiger partial charge in [0.15, 0.2) is 11.5 Å². The Morgan fingerprint density at radius 3 is 2.31 bits per heavy atom. The maximum atomic E-state index is 13.8. The summed E-state index contributed by atoms with van der Waals surface area (Å²) in [4.78, 5) is 28.2. The Morgan fingerprint density at radius 2 is 1.64 bits per heavy atom. The number of carboxylic acids is 1. The van der Waals surface area contributed by atoms with Crippen molar-refractivity contribution < 1.29 is 19.3 Å². The highest BCUT2D eigenvalue weighted by molar-refractivity contribution is 8.03. The van der Waals surface area contributed by atoms with Gasteiger partial charge in [0.25, 0.3) is 0 Å². The second-order valence-electron chi connectivity index (χ2n) is 11.3. The largest absolute Gasteiger partial charge is 0.550 e. The molecular formula is C33H36N2O3S. The minimum absolute atomic E-state index is 0.0107. The van der Waals surface area contributed by atoms with Crippen LogP contribution in [0.1, 0.15) is 59.1 Å². The molecule has 0 amide bonds. The molecule has 0 atom stereocenters. The quantitative estimate of drug-likeness (QED) is 0.331. The van der Waals surface area contributed by atoms with E-state index in [4.69, 9.17) is 0 Å². The van der Waals surface area contributed by atoms with Crippen molar-refractivity contribution in [2.75, 3.05) is 23.7 Å². The number of para-hydroxylation sites is 2. The van der Waals surface area contributed by atoms with E-state index in [9.17, 15) is 14.7 Å². The second kappa shape index (κ2) is 9.98. The van der Waals surface area contributed by atoms with Crippen LogP contribution in [0.2, 0.25) is 0 Å². The predicted molar refractivity (Wildman–Crippen MR) is 158 cm³/mol. The normalized spacial score (nSPS) is 21.1. The van der Waals surface area contributed by atoms with Crippen LogP contribution in [0.4, 0.5) is 11.4 Å². The van der Waals surface area contributed by atoms with Crippen molar-refractivity contribution in [3.05, 3.63) is 93.6 Å². The van der Waals surface area contributed by atoms with Crippen molar-refractivity contribution in [2.24, 2.45) is 0 Å². The number of aliphatic carboxylic acids is 1. The van der Waals surface area contributed by atoms with Crippen molar-refractivity contribution in [2.45, 2.75) is 58.8 Å². The molecule has 3 aliphatic rings. The first kappa shape index (κ1) is 27.2. The molecule has 0 saturated carbocycles. The van der Waals surface area contributed by atoms with Crippen LogP contribution in [-0.4, -0.2) is 40.9 Å². The maximum absolute atomic E-state index is 13.8. The van der Waals surface area contributed by atoms with Gasteiger partial charge in [0.1, 0.15) is 6.54 Å². The van der Waals surface area contributed by atoms with Gasteiger partial charge in [-0.05, 0) is 51.8 Å². The number of rotatable bonds is 8. The Morgan fingerprint density at radius 1 is 0.974 bits per heavy atom. The van der Waals surface area contributed by atoms with Crippen LogP contribution in [0, 0.1) is 0 Å². The van der Waals surface area contributed by atoms with E-state index in [1.807, 2.05) is 12.2 Å². The highest BCUT2D eigenvalue weighted by Gasteiger charge is 2.46. The summed E-state index contributed by atoms with van der Waals surface area (Å²) in [6.45, 7) is 14.6. The van der Waals surface area contributed by atoms with Gasteiger partial charge in [-0.1, -0.05) is 50.2 Å². The summed E-state index contributed by atoms with van der Waals surface area (Å²) in [5, 5.41) is 11.2. The molecule has 2 aliphatic heterocycles. The van der Waals surface area contributed by atoms with E-state index >= 15 is 0 Å². The van der Waals surface area contributed by atoms with Gasteiger partial charge in [-0.15, -0.1) is 11.8 Å². The minimum Gasteiger partial charge on any atom is -0.550 e. The number of carbonyl (C=O) groups is 2. The molecule has 0 bridgehead atoms. The molecule has 39 heavy (non-hydrogen) atoms. The molecule has 0 unspecified atom stereocenters. The number of thioether (sulfide) groups is 1. The molecule has 2 heterocycles. The topological polar surface area (TPSA) is 63.5 Å². The van der Waals surface area contributed by atoms with Crippen LogP contribution in [0.15, 0.2) is 82.4 Å². The molecule has 0 radical (unpaired) electrons. The molecule has 1 aliphatic carbocycles. The summed E-state index contributed by atoms with van der Waals surface area (Å²) in [7, 11) is 0. The number of hydrogen-bond donors (Lipinski definition) is 0. The van der Waals surface area contributed by atoms with Crippen molar-refractivity contribution >= 4 is 40.6 Å². The summed E-state index contributed by atoms with van der Waals surface area (Å²) in [5.74, 6) is -0.717. The number of fused-ring (bicyclic) bond motifs is 2. The van der Waals surface area contributed by atoms with Gasteiger partial charge in [-0.3, -0.25) is 4.79 Å². The van der Waals surface area contributed by atoms with E-state index in [1.165, 1.54) is 34.3 Å². The summed E-state index contributed by atoms with van der Waals surface area (Å²) in [6, 6.07) is 16.8. The van der Waals surface area contributed by atoms with Gasteiger partial charge in [-0.2, -0.15) is 4.58 Å². The summed E-state index contributed by atoms with van der Waals surface area (Å²) < 4.78 is 2.28. The molecule has 0 spiro atoms. The molecule has 5 rings (SSSR count). The second-order valence-corrected chi connectivity index (χ2v) is 12.4. The van der Waals surface area contributed by atoms with Crippen LogP contribution < -0.4 is 10.0 Å². The first-order chi connectivity index (χ1) is 18.5. The third-order valence-electron chi connectivity index (χ3n) is 8.32. The summed E-state index contributed by atoms with van der Waals surface area (Å²) >= 11 is 1.44. The van der Waals surface area contributed by atoms with Gasteiger partial charge in [0.2, 0.25) is 5.69 Å². The van der Waals surface area contributed by atoms with E-state index in [2.05, 4.69) is 99.5 Å². The highest BCUT2D eigenvalue weighted by Crippen LogP contribution is 2.50. The smallest absolute Gasteiger partial charge is 0.209 e. The monoisotopic (exact) mass is 540 g/mol.